The van der Waals surface area contributed by atoms with Gasteiger partial charge in [0, 0.05) is 32.9 Å². The second-order valence-electron chi connectivity index (χ2n) is 4.59. The van der Waals surface area contributed by atoms with Crippen LogP contribution in [-0.4, -0.2) is 0 Å². The first-order valence-electron chi connectivity index (χ1n) is 6.49. The minimum Gasteiger partial charge on any atom is -0.308 e. The van der Waals surface area contributed by atoms with Crippen molar-refractivity contribution in [2.24, 2.45) is 0 Å². The van der Waals surface area contributed by atoms with Crippen LogP contribution in [0.3, 0.4) is 0 Å². The molecule has 0 aliphatic heterocycles. The van der Waals surface area contributed by atoms with Gasteiger partial charge in [-0.3, -0.25) is 0 Å². The number of rotatable bonds is 5. The topological polar surface area (TPSA) is 12.0 Å². The van der Waals surface area contributed by atoms with E-state index in [2.05, 4.69) is 32.7 Å². The molecule has 0 amide bonds. The predicted octanol–water partition coefficient (Wildman–Crippen LogP) is 5.67. The Bertz CT molecular complexity index is 722. The molecular formula is C16H13BrFNS2. The highest BCUT2D eigenvalue weighted by molar-refractivity contribution is 9.10. The van der Waals surface area contributed by atoms with E-state index in [1.165, 1.54) is 4.88 Å². The maximum absolute atomic E-state index is 13.9. The van der Waals surface area contributed by atoms with E-state index >= 15 is 0 Å². The van der Waals surface area contributed by atoms with E-state index in [0.29, 0.717) is 5.56 Å². The average Bonchev–Trinajstić information content (AvgIpc) is 3.13. The molecule has 0 saturated carbocycles. The van der Waals surface area contributed by atoms with Crippen molar-refractivity contribution >= 4 is 38.6 Å². The van der Waals surface area contributed by atoms with Crippen LogP contribution in [0.1, 0.15) is 10.4 Å². The molecule has 108 valence electrons. The first-order valence-corrected chi connectivity index (χ1v) is 9.04. The highest BCUT2D eigenvalue weighted by Crippen LogP contribution is 2.28. The van der Waals surface area contributed by atoms with Crippen molar-refractivity contribution in [2.75, 3.05) is 0 Å². The van der Waals surface area contributed by atoms with Crippen molar-refractivity contribution in [3.8, 4) is 10.4 Å². The third kappa shape index (κ3) is 3.61. The van der Waals surface area contributed by atoms with Crippen molar-refractivity contribution in [1.82, 2.24) is 5.32 Å². The van der Waals surface area contributed by atoms with Crippen LogP contribution >= 0.6 is 38.6 Å². The molecule has 0 fully saturated rings. The summed E-state index contributed by atoms with van der Waals surface area (Å²) >= 11 is 6.80. The lowest BCUT2D eigenvalue weighted by Gasteiger charge is -2.07. The summed E-state index contributed by atoms with van der Waals surface area (Å²) in [6.07, 6.45) is 0. The molecule has 0 unspecified atom stereocenters. The minimum atomic E-state index is -0.165. The first kappa shape index (κ1) is 14.9. The maximum atomic E-state index is 13.9. The lowest BCUT2D eigenvalue weighted by Crippen LogP contribution is -2.12. The molecule has 0 saturated heterocycles. The maximum Gasteiger partial charge on any atom is 0.131 e. The molecule has 0 spiro atoms. The largest absolute Gasteiger partial charge is 0.308 e. The molecule has 1 nitrogen and oxygen atoms in total. The van der Waals surface area contributed by atoms with Gasteiger partial charge in [0.25, 0.3) is 0 Å². The van der Waals surface area contributed by atoms with Crippen LogP contribution in [0.25, 0.3) is 10.4 Å². The van der Waals surface area contributed by atoms with E-state index in [-0.39, 0.29) is 5.82 Å². The zero-order chi connectivity index (χ0) is 14.7. The van der Waals surface area contributed by atoms with Gasteiger partial charge in [0.1, 0.15) is 5.82 Å². The van der Waals surface area contributed by atoms with Gasteiger partial charge in [-0.1, -0.05) is 12.1 Å². The zero-order valence-electron chi connectivity index (χ0n) is 11.1. The van der Waals surface area contributed by atoms with Gasteiger partial charge in [0.15, 0.2) is 0 Å². The zero-order valence-corrected chi connectivity index (χ0v) is 14.3. The van der Waals surface area contributed by atoms with Crippen LogP contribution < -0.4 is 5.32 Å². The fourth-order valence-electron chi connectivity index (χ4n) is 2.07. The molecule has 1 aromatic carbocycles. The summed E-state index contributed by atoms with van der Waals surface area (Å²) in [7, 11) is 0. The second kappa shape index (κ2) is 6.83. The first-order chi connectivity index (χ1) is 10.2. The normalized spacial score (nSPS) is 11.0. The fraction of sp³-hybridized carbons (Fsp3) is 0.125. The van der Waals surface area contributed by atoms with Crippen LogP contribution in [-0.2, 0) is 13.1 Å². The standard InChI is InChI=1S/C16H13BrFNS2/c17-13-5-7-21-16(13)10-19-9-11-3-4-14(18)12(8-11)15-2-1-6-20-15/h1-8,19H,9-10H2. The van der Waals surface area contributed by atoms with Crippen LogP contribution in [0.2, 0.25) is 0 Å². The van der Waals surface area contributed by atoms with Gasteiger partial charge in [0.2, 0.25) is 0 Å². The highest BCUT2D eigenvalue weighted by atomic mass is 79.9. The van der Waals surface area contributed by atoms with Crippen LogP contribution in [0.5, 0.6) is 0 Å². The molecule has 0 bridgehead atoms. The Morgan fingerprint density at radius 1 is 1.05 bits per heavy atom. The summed E-state index contributed by atoms with van der Waals surface area (Å²) in [6.45, 7) is 1.53. The smallest absolute Gasteiger partial charge is 0.131 e. The third-order valence-electron chi connectivity index (χ3n) is 3.12. The van der Waals surface area contributed by atoms with Gasteiger partial charge in [0.05, 0.1) is 0 Å². The summed E-state index contributed by atoms with van der Waals surface area (Å²) in [6, 6.07) is 11.3. The average molecular weight is 382 g/mol. The van der Waals surface area contributed by atoms with Gasteiger partial charge < -0.3 is 5.32 Å². The van der Waals surface area contributed by atoms with E-state index in [4.69, 9.17) is 0 Å². The lowest BCUT2D eigenvalue weighted by molar-refractivity contribution is 0.629. The summed E-state index contributed by atoms with van der Waals surface area (Å²) in [4.78, 5) is 2.24. The van der Waals surface area contributed by atoms with Crippen molar-refractivity contribution < 1.29 is 4.39 Å². The SMILES string of the molecule is Fc1ccc(CNCc2sccc2Br)cc1-c1cccs1. The summed E-state index contributed by atoms with van der Waals surface area (Å²) in [5.74, 6) is -0.165. The third-order valence-corrected chi connectivity index (χ3v) is 5.95. The Labute approximate surface area is 139 Å². The summed E-state index contributed by atoms with van der Waals surface area (Å²) < 4.78 is 15.1. The summed E-state index contributed by atoms with van der Waals surface area (Å²) in [5, 5.41) is 7.43. The number of halogens is 2. The quantitative estimate of drug-likeness (QED) is 0.600. The Morgan fingerprint density at radius 3 is 2.67 bits per heavy atom. The number of thiophene rings is 2. The molecule has 1 N–H and O–H groups in total. The molecule has 2 heterocycles. The molecule has 0 aliphatic carbocycles. The van der Waals surface area contributed by atoms with Gasteiger partial charge in [-0.25, -0.2) is 4.39 Å². The van der Waals surface area contributed by atoms with Crippen molar-refractivity contribution in [3.63, 3.8) is 0 Å². The number of hydrogen-bond acceptors (Lipinski definition) is 3. The summed E-state index contributed by atoms with van der Waals surface area (Å²) in [5.41, 5.74) is 1.77. The van der Waals surface area contributed by atoms with Crippen molar-refractivity contribution in [2.45, 2.75) is 13.1 Å². The fourth-order valence-corrected chi connectivity index (χ4v) is 4.28. The molecule has 0 atom stereocenters. The molecular weight excluding hydrogens is 369 g/mol. The van der Waals surface area contributed by atoms with Crippen molar-refractivity contribution in [3.05, 3.63) is 67.9 Å². The second-order valence-corrected chi connectivity index (χ2v) is 7.39. The highest BCUT2D eigenvalue weighted by Gasteiger charge is 2.07. The predicted molar refractivity (Wildman–Crippen MR) is 92.3 cm³/mol. The van der Waals surface area contributed by atoms with Gasteiger partial charge in [-0.15, -0.1) is 22.7 Å². The molecule has 0 radical (unpaired) electrons. The minimum absolute atomic E-state index is 0.165. The monoisotopic (exact) mass is 381 g/mol. The Morgan fingerprint density at radius 2 is 1.95 bits per heavy atom. The molecule has 2 aromatic heterocycles. The molecule has 3 aromatic rings. The van der Waals surface area contributed by atoms with E-state index in [1.807, 2.05) is 29.6 Å². The number of nitrogens with one attached hydrogen (secondary N) is 1. The molecule has 5 heteroatoms. The van der Waals surface area contributed by atoms with Crippen LogP contribution in [0.4, 0.5) is 4.39 Å². The van der Waals surface area contributed by atoms with E-state index in [1.54, 1.807) is 28.7 Å². The van der Waals surface area contributed by atoms with Gasteiger partial charge >= 0.3 is 0 Å². The van der Waals surface area contributed by atoms with E-state index in [9.17, 15) is 4.39 Å². The molecule has 3 rings (SSSR count). The number of hydrogen-bond donors (Lipinski definition) is 1. The molecule has 21 heavy (non-hydrogen) atoms. The van der Waals surface area contributed by atoms with Gasteiger partial charge in [-0.2, -0.15) is 0 Å². The lowest BCUT2D eigenvalue weighted by atomic mass is 10.1. The van der Waals surface area contributed by atoms with E-state index < -0.39 is 0 Å². The van der Waals surface area contributed by atoms with Crippen LogP contribution in [0, 0.1) is 5.82 Å². The van der Waals surface area contributed by atoms with Crippen molar-refractivity contribution in [1.29, 1.82) is 0 Å². The van der Waals surface area contributed by atoms with E-state index in [0.717, 1.165) is 28.0 Å². The Hall–Kier alpha value is -1.01. The number of benzene rings is 1. The van der Waals surface area contributed by atoms with Crippen LogP contribution in [0.15, 0.2) is 51.6 Å². The van der Waals surface area contributed by atoms with Gasteiger partial charge in [-0.05, 0) is 56.5 Å². The Balaban J connectivity index is 1.69. The molecule has 0 aliphatic rings. The Kier molecular flexibility index (Phi) is 4.85.